The minimum Gasteiger partial charge on any atom is -0.378 e. The quantitative estimate of drug-likeness (QED) is 0.535. The van der Waals surface area contributed by atoms with Crippen LogP contribution < -0.4 is 0 Å². The second kappa shape index (κ2) is 3.68. The highest BCUT2D eigenvalue weighted by molar-refractivity contribution is 5.58. The predicted molar refractivity (Wildman–Crippen MR) is 37.5 cm³/mol. The molecule has 1 atom stereocenters. The van der Waals surface area contributed by atoms with Crippen molar-refractivity contribution in [3.05, 3.63) is 0 Å². The maximum atomic E-state index is 10.3. The third-order valence-electron chi connectivity index (χ3n) is 1.78. The van der Waals surface area contributed by atoms with Gasteiger partial charge in [0.1, 0.15) is 6.04 Å². The molecule has 0 amide bonds. The van der Waals surface area contributed by atoms with Crippen molar-refractivity contribution in [1.82, 2.24) is 4.90 Å². The summed E-state index contributed by atoms with van der Waals surface area (Å²) in [4.78, 5) is 12.3. The molecule has 57 valence electrons. The number of ether oxygens (including phenoxy) is 1. The van der Waals surface area contributed by atoms with Gasteiger partial charge in [-0.15, -0.1) is 0 Å². The Morgan fingerprint density at radius 2 is 2.60 bits per heavy atom. The maximum absolute atomic E-state index is 10.3. The van der Waals surface area contributed by atoms with E-state index in [1.54, 1.807) is 0 Å². The molecule has 1 aliphatic rings. The average molecular weight is 142 g/mol. The van der Waals surface area contributed by atoms with E-state index in [2.05, 4.69) is 4.90 Å². The van der Waals surface area contributed by atoms with E-state index in [0.717, 1.165) is 19.7 Å². The summed E-state index contributed by atoms with van der Waals surface area (Å²) in [6.45, 7) is 5.05. The fourth-order valence-electron chi connectivity index (χ4n) is 1.13. The summed E-state index contributed by atoms with van der Waals surface area (Å²) >= 11 is 0. The Kier molecular flexibility index (Phi) is 2.83. The molecule has 0 N–H and O–H groups in total. The molecular formula is C7H12NO2. The van der Waals surface area contributed by atoms with E-state index in [1.807, 2.05) is 13.2 Å². The van der Waals surface area contributed by atoms with Gasteiger partial charge in [0.25, 0.3) is 0 Å². The molecule has 1 saturated heterocycles. The summed E-state index contributed by atoms with van der Waals surface area (Å²) in [5.41, 5.74) is 0. The first-order valence-electron chi connectivity index (χ1n) is 3.58. The molecule has 0 aromatic heterocycles. The third kappa shape index (κ3) is 1.55. The number of hydrogen-bond donors (Lipinski definition) is 0. The molecule has 0 saturated carbocycles. The van der Waals surface area contributed by atoms with Crippen LogP contribution in [0, 0.1) is 0 Å². The van der Waals surface area contributed by atoms with E-state index < -0.39 is 0 Å². The van der Waals surface area contributed by atoms with E-state index in [4.69, 9.17) is 4.74 Å². The number of morpholine rings is 1. The van der Waals surface area contributed by atoms with Crippen LogP contribution in [0.4, 0.5) is 0 Å². The Morgan fingerprint density at radius 3 is 3.10 bits per heavy atom. The van der Waals surface area contributed by atoms with Gasteiger partial charge in [0.05, 0.1) is 13.2 Å². The van der Waals surface area contributed by atoms with Gasteiger partial charge < -0.3 is 4.74 Å². The fourth-order valence-corrected chi connectivity index (χ4v) is 1.13. The molecule has 3 heteroatoms. The van der Waals surface area contributed by atoms with Crippen LogP contribution in [-0.4, -0.2) is 43.5 Å². The lowest BCUT2D eigenvalue weighted by Crippen LogP contribution is -2.45. The van der Waals surface area contributed by atoms with Crippen LogP contribution in [0.15, 0.2) is 0 Å². The van der Waals surface area contributed by atoms with Crippen molar-refractivity contribution in [2.75, 3.05) is 26.3 Å². The molecule has 0 spiro atoms. The van der Waals surface area contributed by atoms with Gasteiger partial charge in [-0.25, -0.2) is 0 Å². The zero-order valence-corrected chi connectivity index (χ0v) is 6.17. The van der Waals surface area contributed by atoms with E-state index in [9.17, 15) is 4.79 Å². The Bertz CT molecular complexity index is 116. The second-order valence-corrected chi connectivity index (χ2v) is 2.34. The lowest BCUT2D eigenvalue weighted by Gasteiger charge is -2.30. The van der Waals surface area contributed by atoms with Crippen molar-refractivity contribution in [2.45, 2.75) is 13.0 Å². The average Bonchev–Trinajstić information content (AvgIpc) is 2.04. The molecule has 0 aromatic rings. The summed E-state index contributed by atoms with van der Waals surface area (Å²) in [5, 5.41) is 0. The SMILES string of the molecule is CCN1CCOCC1[C]=O. The first-order valence-corrected chi connectivity index (χ1v) is 3.58. The van der Waals surface area contributed by atoms with E-state index in [0.29, 0.717) is 6.61 Å². The summed E-state index contributed by atoms with van der Waals surface area (Å²) in [6, 6.07) is -0.126. The molecule has 1 unspecified atom stereocenters. The van der Waals surface area contributed by atoms with E-state index in [1.165, 1.54) is 0 Å². The van der Waals surface area contributed by atoms with Gasteiger partial charge in [0, 0.05) is 6.54 Å². The Balaban J connectivity index is 2.41. The minimum atomic E-state index is -0.126. The lowest BCUT2D eigenvalue weighted by atomic mass is 10.2. The van der Waals surface area contributed by atoms with Gasteiger partial charge in [0.15, 0.2) is 0 Å². The van der Waals surface area contributed by atoms with Crippen LogP contribution in [0.5, 0.6) is 0 Å². The molecule has 0 aromatic carbocycles. The zero-order chi connectivity index (χ0) is 7.40. The molecule has 1 heterocycles. The minimum absolute atomic E-state index is 0.126. The normalized spacial score (nSPS) is 28.3. The number of carbonyl (C=O) groups excluding carboxylic acids is 1. The topological polar surface area (TPSA) is 29.5 Å². The van der Waals surface area contributed by atoms with Crippen molar-refractivity contribution in [3.63, 3.8) is 0 Å². The van der Waals surface area contributed by atoms with Gasteiger partial charge in [0.2, 0.25) is 6.29 Å². The summed E-state index contributed by atoms with van der Waals surface area (Å²) < 4.78 is 5.10. The number of nitrogens with zero attached hydrogens (tertiary/aromatic N) is 1. The van der Waals surface area contributed by atoms with Crippen LogP contribution in [0.1, 0.15) is 6.92 Å². The summed E-state index contributed by atoms with van der Waals surface area (Å²) in [7, 11) is 0. The van der Waals surface area contributed by atoms with Gasteiger partial charge in [-0.1, -0.05) is 6.92 Å². The molecule has 1 fully saturated rings. The highest BCUT2D eigenvalue weighted by Crippen LogP contribution is 2.02. The Labute approximate surface area is 61.0 Å². The van der Waals surface area contributed by atoms with Gasteiger partial charge in [-0.3, -0.25) is 9.69 Å². The Hall–Kier alpha value is -0.410. The first kappa shape index (κ1) is 7.69. The number of hydrogen-bond acceptors (Lipinski definition) is 3. The fraction of sp³-hybridized carbons (Fsp3) is 0.857. The highest BCUT2D eigenvalue weighted by Gasteiger charge is 2.20. The third-order valence-corrected chi connectivity index (χ3v) is 1.78. The molecule has 1 aliphatic heterocycles. The van der Waals surface area contributed by atoms with E-state index in [-0.39, 0.29) is 6.04 Å². The predicted octanol–water partition coefficient (Wildman–Crippen LogP) is -0.183. The lowest BCUT2D eigenvalue weighted by molar-refractivity contribution is 0.0190. The largest absolute Gasteiger partial charge is 0.378 e. The van der Waals surface area contributed by atoms with Crippen LogP contribution >= 0.6 is 0 Å². The van der Waals surface area contributed by atoms with Gasteiger partial charge in [-0.2, -0.15) is 0 Å². The van der Waals surface area contributed by atoms with E-state index >= 15 is 0 Å². The van der Waals surface area contributed by atoms with Crippen molar-refractivity contribution in [3.8, 4) is 0 Å². The van der Waals surface area contributed by atoms with Crippen LogP contribution in [0.3, 0.4) is 0 Å². The molecular weight excluding hydrogens is 130 g/mol. The van der Waals surface area contributed by atoms with Crippen molar-refractivity contribution in [1.29, 1.82) is 0 Å². The summed E-state index contributed by atoms with van der Waals surface area (Å²) in [6.07, 6.45) is 1.96. The second-order valence-electron chi connectivity index (χ2n) is 2.34. The monoisotopic (exact) mass is 142 g/mol. The van der Waals surface area contributed by atoms with Gasteiger partial charge in [-0.05, 0) is 6.54 Å². The van der Waals surface area contributed by atoms with Crippen LogP contribution in [0.25, 0.3) is 0 Å². The van der Waals surface area contributed by atoms with Crippen molar-refractivity contribution < 1.29 is 9.53 Å². The molecule has 10 heavy (non-hydrogen) atoms. The first-order chi connectivity index (χ1) is 4.88. The highest BCUT2D eigenvalue weighted by atomic mass is 16.5. The summed E-state index contributed by atoms with van der Waals surface area (Å²) in [5.74, 6) is 0. The molecule has 1 rings (SSSR count). The van der Waals surface area contributed by atoms with Gasteiger partial charge >= 0.3 is 0 Å². The van der Waals surface area contributed by atoms with Crippen molar-refractivity contribution in [2.24, 2.45) is 0 Å². The Morgan fingerprint density at radius 1 is 1.80 bits per heavy atom. The molecule has 0 aliphatic carbocycles. The van der Waals surface area contributed by atoms with Crippen molar-refractivity contribution >= 4 is 6.29 Å². The van der Waals surface area contributed by atoms with Crippen LogP contribution in [-0.2, 0) is 9.53 Å². The standard InChI is InChI=1S/C7H12NO2/c1-2-8-3-4-10-6-7(8)5-9/h7H,2-4,6H2,1H3. The number of likely N-dealkylation sites (N-methyl/N-ethyl adjacent to an activating group) is 1. The molecule has 1 radical (unpaired) electrons. The smallest absolute Gasteiger partial charge is 0.219 e. The molecule has 3 nitrogen and oxygen atoms in total. The number of rotatable bonds is 2. The van der Waals surface area contributed by atoms with Crippen LogP contribution in [0.2, 0.25) is 0 Å². The molecule has 0 bridgehead atoms. The zero-order valence-electron chi connectivity index (χ0n) is 6.17. The maximum Gasteiger partial charge on any atom is 0.219 e.